The average Bonchev–Trinajstić information content (AvgIpc) is 3.07. The fourth-order valence-corrected chi connectivity index (χ4v) is 2.02. The maximum absolute atomic E-state index is 11.7. The summed E-state index contributed by atoms with van der Waals surface area (Å²) in [7, 11) is 0. The van der Waals surface area contributed by atoms with E-state index >= 15 is 0 Å². The van der Waals surface area contributed by atoms with Crippen molar-refractivity contribution in [1.29, 1.82) is 0 Å². The van der Waals surface area contributed by atoms with Crippen molar-refractivity contribution in [1.82, 2.24) is 15.2 Å². The van der Waals surface area contributed by atoms with Gasteiger partial charge in [-0.05, 0) is 31.2 Å². The highest BCUT2D eigenvalue weighted by molar-refractivity contribution is 5.95. The molecule has 19 heavy (non-hydrogen) atoms. The molecule has 5 heteroatoms. The molecule has 0 amide bonds. The summed E-state index contributed by atoms with van der Waals surface area (Å²) in [6, 6.07) is 9.37. The van der Waals surface area contributed by atoms with Crippen LogP contribution in [0.5, 0.6) is 0 Å². The van der Waals surface area contributed by atoms with Gasteiger partial charge < -0.3 is 9.72 Å². The lowest BCUT2D eigenvalue weighted by Crippen LogP contribution is -2.03. The minimum absolute atomic E-state index is 0.304. The van der Waals surface area contributed by atoms with E-state index in [1.807, 2.05) is 18.2 Å². The van der Waals surface area contributed by atoms with Crippen molar-refractivity contribution < 1.29 is 9.53 Å². The summed E-state index contributed by atoms with van der Waals surface area (Å²) in [6.07, 6.45) is 1.70. The molecule has 0 saturated heterocycles. The third-order valence-electron chi connectivity index (χ3n) is 2.92. The predicted molar refractivity (Wildman–Crippen MR) is 71.8 cm³/mol. The van der Waals surface area contributed by atoms with Gasteiger partial charge in [0.1, 0.15) is 0 Å². The number of carbonyl (C=O) groups excluding carboxylic acids is 1. The lowest BCUT2D eigenvalue weighted by atomic mass is 10.1. The highest BCUT2D eigenvalue weighted by Gasteiger charge is 2.09. The van der Waals surface area contributed by atoms with Crippen molar-refractivity contribution in [3.05, 3.63) is 42.1 Å². The lowest BCUT2D eigenvalue weighted by Gasteiger charge is -2.01. The Balaban J connectivity index is 2.02. The molecule has 1 aromatic carbocycles. The van der Waals surface area contributed by atoms with E-state index in [1.54, 1.807) is 25.3 Å². The maximum atomic E-state index is 11.7. The molecule has 0 unspecified atom stereocenters. The van der Waals surface area contributed by atoms with Crippen LogP contribution in [0.15, 0.2) is 36.5 Å². The van der Waals surface area contributed by atoms with Crippen LogP contribution in [0.3, 0.4) is 0 Å². The number of aromatic nitrogens is 3. The molecule has 3 aromatic rings. The smallest absolute Gasteiger partial charge is 0.338 e. The number of rotatable bonds is 3. The molecule has 2 heterocycles. The fraction of sp³-hybridized carbons (Fsp3) is 0.143. The number of ether oxygens (including phenoxy) is 1. The molecule has 0 saturated carbocycles. The third kappa shape index (κ3) is 2.10. The largest absolute Gasteiger partial charge is 0.462 e. The Morgan fingerprint density at radius 1 is 1.26 bits per heavy atom. The zero-order valence-electron chi connectivity index (χ0n) is 10.4. The van der Waals surface area contributed by atoms with Gasteiger partial charge in [-0.25, -0.2) is 4.79 Å². The highest BCUT2D eigenvalue weighted by Crippen LogP contribution is 2.23. The Labute approximate surface area is 109 Å². The molecule has 3 rings (SSSR count). The minimum Gasteiger partial charge on any atom is -0.462 e. The van der Waals surface area contributed by atoms with Crippen molar-refractivity contribution in [3.8, 4) is 11.4 Å². The number of H-pyrrole nitrogens is 2. The van der Waals surface area contributed by atoms with Gasteiger partial charge in [0.2, 0.25) is 0 Å². The van der Waals surface area contributed by atoms with Gasteiger partial charge in [-0.3, -0.25) is 5.10 Å². The summed E-state index contributed by atoms with van der Waals surface area (Å²) in [5.74, 6) is -0.304. The second-order valence-corrected chi connectivity index (χ2v) is 4.18. The number of fused-ring (bicyclic) bond motifs is 1. The van der Waals surface area contributed by atoms with Crippen molar-refractivity contribution in [3.63, 3.8) is 0 Å². The van der Waals surface area contributed by atoms with E-state index in [0.29, 0.717) is 12.2 Å². The molecule has 0 bridgehead atoms. The number of hydrogen-bond acceptors (Lipinski definition) is 3. The quantitative estimate of drug-likeness (QED) is 0.707. The van der Waals surface area contributed by atoms with Crippen LogP contribution in [-0.4, -0.2) is 27.8 Å². The summed E-state index contributed by atoms with van der Waals surface area (Å²) < 4.78 is 4.99. The van der Waals surface area contributed by atoms with E-state index in [2.05, 4.69) is 15.2 Å². The van der Waals surface area contributed by atoms with E-state index in [4.69, 9.17) is 4.74 Å². The average molecular weight is 255 g/mol. The van der Waals surface area contributed by atoms with Crippen molar-refractivity contribution in [2.45, 2.75) is 6.92 Å². The molecule has 2 N–H and O–H groups in total. The van der Waals surface area contributed by atoms with Gasteiger partial charge in [0.15, 0.2) is 0 Å². The number of carbonyl (C=O) groups is 1. The standard InChI is InChI=1S/C14H13N3O2/c1-2-19-14(18)10-4-3-9-7-13(16-12(9)8-10)11-5-6-15-17-11/h3-8,16H,2H2,1H3,(H,15,17). The number of hydrogen-bond donors (Lipinski definition) is 2. The van der Waals surface area contributed by atoms with E-state index in [0.717, 1.165) is 22.3 Å². The number of benzene rings is 1. The second-order valence-electron chi connectivity index (χ2n) is 4.18. The van der Waals surface area contributed by atoms with E-state index in [-0.39, 0.29) is 5.97 Å². The lowest BCUT2D eigenvalue weighted by molar-refractivity contribution is 0.0526. The summed E-state index contributed by atoms with van der Waals surface area (Å²) >= 11 is 0. The maximum Gasteiger partial charge on any atom is 0.338 e. The van der Waals surface area contributed by atoms with Crippen LogP contribution in [0.4, 0.5) is 0 Å². The number of nitrogens with one attached hydrogen (secondary N) is 2. The first kappa shape index (κ1) is 11.5. The second kappa shape index (κ2) is 4.61. The molecule has 0 radical (unpaired) electrons. The summed E-state index contributed by atoms with van der Waals surface area (Å²) in [4.78, 5) is 14.9. The topological polar surface area (TPSA) is 70.8 Å². The molecule has 2 aromatic heterocycles. The van der Waals surface area contributed by atoms with Crippen molar-refractivity contribution in [2.24, 2.45) is 0 Å². The first-order valence-corrected chi connectivity index (χ1v) is 6.07. The Hall–Kier alpha value is -2.56. The van der Waals surface area contributed by atoms with Crippen LogP contribution in [0, 0.1) is 0 Å². The monoisotopic (exact) mass is 255 g/mol. The van der Waals surface area contributed by atoms with E-state index < -0.39 is 0 Å². The van der Waals surface area contributed by atoms with Gasteiger partial charge in [-0.2, -0.15) is 5.10 Å². The minimum atomic E-state index is -0.304. The zero-order valence-corrected chi connectivity index (χ0v) is 10.4. The summed E-state index contributed by atoms with van der Waals surface area (Å²) in [5.41, 5.74) is 3.30. The highest BCUT2D eigenvalue weighted by atomic mass is 16.5. The van der Waals surface area contributed by atoms with Gasteiger partial charge in [-0.15, -0.1) is 0 Å². The first-order chi connectivity index (χ1) is 9.28. The van der Waals surface area contributed by atoms with Crippen LogP contribution in [0.1, 0.15) is 17.3 Å². The van der Waals surface area contributed by atoms with Crippen LogP contribution in [0.2, 0.25) is 0 Å². The normalized spacial score (nSPS) is 10.8. The Bertz CT molecular complexity index is 713. The molecule has 0 aliphatic carbocycles. The first-order valence-electron chi connectivity index (χ1n) is 6.07. The van der Waals surface area contributed by atoms with Crippen LogP contribution < -0.4 is 0 Å². The fourth-order valence-electron chi connectivity index (χ4n) is 2.02. The molecule has 0 fully saturated rings. The molecule has 0 aliphatic heterocycles. The van der Waals surface area contributed by atoms with Gasteiger partial charge in [0.25, 0.3) is 0 Å². The van der Waals surface area contributed by atoms with Gasteiger partial charge in [-0.1, -0.05) is 6.07 Å². The number of nitrogens with zero attached hydrogens (tertiary/aromatic N) is 1. The third-order valence-corrected chi connectivity index (χ3v) is 2.92. The molecular formula is C14H13N3O2. The molecule has 0 atom stereocenters. The Morgan fingerprint density at radius 2 is 2.16 bits per heavy atom. The Kier molecular flexibility index (Phi) is 2.79. The predicted octanol–water partition coefficient (Wildman–Crippen LogP) is 2.73. The van der Waals surface area contributed by atoms with Gasteiger partial charge in [0.05, 0.1) is 23.6 Å². The van der Waals surface area contributed by atoms with E-state index in [1.165, 1.54) is 0 Å². The molecule has 0 aliphatic rings. The van der Waals surface area contributed by atoms with E-state index in [9.17, 15) is 4.79 Å². The van der Waals surface area contributed by atoms with Crippen LogP contribution in [-0.2, 0) is 4.74 Å². The molecular weight excluding hydrogens is 242 g/mol. The SMILES string of the molecule is CCOC(=O)c1ccc2cc(-c3ccn[nH]3)[nH]c2c1. The molecule has 0 spiro atoms. The molecule has 5 nitrogen and oxygen atoms in total. The van der Waals surface area contributed by atoms with Crippen molar-refractivity contribution >= 4 is 16.9 Å². The number of aromatic amines is 2. The van der Waals surface area contributed by atoms with Crippen LogP contribution >= 0.6 is 0 Å². The van der Waals surface area contributed by atoms with Gasteiger partial charge >= 0.3 is 5.97 Å². The summed E-state index contributed by atoms with van der Waals surface area (Å²) in [6.45, 7) is 2.17. The zero-order chi connectivity index (χ0) is 13.2. The summed E-state index contributed by atoms with van der Waals surface area (Å²) in [5, 5.41) is 7.86. The molecule has 96 valence electrons. The number of esters is 1. The van der Waals surface area contributed by atoms with Crippen molar-refractivity contribution in [2.75, 3.05) is 6.61 Å². The Morgan fingerprint density at radius 3 is 2.89 bits per heavy atom. The van der Waals surface area contributed by atoms with Crippen LogP contribution in [0.25, 0.3) is 22.3 Å². The van der Waals surface area contributed by atoms with Gasteiger partial charge in [0, 0.05) is 17.1 Å².